The third kappa shape index (κ3) is 2.44. The van der Waals surface area contributed by atoms with Crippen LogP contribution in [-0.2, 0) is 4.79 Å². The van der Waals surface area contributed by atoms with Crippen LogP contribution in [0.2, 0.25) is 0 Å². The monoisotopic (exact) mass is 288 g/mol. The van der Waals surface area contributed by atoms with Gasteiger partial charge in [0.05, 0.1) is 5.52 Å². The number of carboxylic acids is 1. The molecule has 5 nitrogen and oxygen atoms in total. The molecule has 0 saturated carbocycles. The maximum atomic E-state index is 13.3. The Balaban J connectivity index is 1.72. The van der Waals surface area contributed by atoms with E-state index in [1.807, 2.05) is 30.3 Å². The minimum absolute atomic E-state index is 0.112. The molecule has 1 N–H and O–H groups in total. The van der Waals surface area contributed by atoms with Gasteiger partial charge in [0, 0.05) is 24.4 Å². The molecule has 1 atom stereocenters. The number of pyridine rings is 1. The fraction of sp³-hybridized carbons (Fsp3) is 0.267. The summed E-state index contributed by atoms with van der Waals surface area (Å²) in [4.78, 5) is 28.4. The molecule has 0 radical (unpaired) electrons. The van der Waals surface area contributed by atoms with E-state index in [0.29, 0.717) is 5.52 Å². The number of aliphatic carboxylic acids is 1. The maximum Gasteiger partial charge on any atom is 0.338 e. The minimum Gasteiger partial charge on any atom is -0.479 e. The van der Waals surface area contributed by atoms with Gasteiger partial charge in [-0.05, 0) is 12.1 Å². The van der Waals surface area contributed by atoms with Crippen LogP contribution in [0.3, 0.4) is 0 Å². The number of nitrogens with zero attached hydrogens (tertiary/aromatic N) is 2. The Bertz CT molecular complexity index is 713. The lowest BCUT2D eigenvalue weighted by atomic mass is 9.94. The van der Waals surface area contributed by atoms with Crippen molar-refractivity contribution in [3.8, 4) is 0 Å². The van der Waals surface area contributed by atoms with Gasteiger partial charge in [0.1, 0.15) is 5.69 Å². The lowest BCUT2D eigenvalue weighted by molar-refractivity contribution is -0.147. The zero-order chi connectivity index (χ0) is 15.0. The molecule has 1 aromatic carbocycles. The summed E-state index contributed by atoms with van der Waals surface area (Å²) >= 11 is 0. The fourth-order valence-electron chi connectivity index (χ4n) is 2.41. The van der Waals surface area contributed by atoms with Crippen LogP contribution in [0, 0.1) is 5.92 Å². The van der Waals surface area contributed by atoms with Crippen LogP contribution < -0.4 is 0 Å². The van der Waals surface area contributed by atoms with E-state index in [0.717, 1.165) is 5.39 Å². The summed E-state index contributed by atoms with van der Waals surface area (Å²) in [5.74, 6) is -2.41. The Labute approximate surface area is 120 Å². The largest absolute Gasteiger partial charge is 0.479 e. The Hall–Kier alpha value is -2.50. The zero-order valence-electron chi connectivity index (χ0n) is 11.1. The topological polar surface area (TPSA) is 70.5 Å². The normalized spacial score (nSPS) is 16.5. The van der Waals surface area contributed by atoms with Gasteiger partial charge < -0.3 is 10.0 Å². The van der Waals surface area contributed by atoms with E-state index < -0.39 is 18.1 Å². The highest BCUT2D eigenvalue weighted by Gasteiger charge is 2.40. The van der Waals surface area contributed by atoms with Crippen molar-refractivity contribution in [2.45, 2.75) is 6.17 Å². The smallest absolute Gasteiger partial charge is 0.338 e. The number of amides is 1. The molecular weight excluding hydrogens is 275 g/mol. The molecule has 0 aliphatic carbocycles. The lowest BCUT2D eigenvalue weighted by Crippen LogP contribution is -2.55. The van der Waals surface area contributed by atoms with Crippen molar-refractivity contribution >= 4 is 22.8 Å². The Morgan fingerprint density at radius 2 is 1.95 bits per heavy atom. The fourth-order valence-corrected chi connectivity index (χ4v) is 2.41. The van der Waals surface area contributed by atoms with Gasteiger partial charge >= 0.3 is 5.97 Å². The first-order valence-electron chi connectivity index (χ1n) is 6.58. The highest BCUT2D eigenvalue weighted by atomic mass is 19.1. The van der Waals surface area contributed by atoms with Gasteiger partial charge in [0.25, 0.3) is 5.91 Å². The first-order valence-corrected chi connectivity index (χ1v) is 6.58. The third-order valence-electron chi connectivity index (χ3n) is 3.66. The van der Waals surface area contributed by atoms with Gasteiger partial charge in [0.15, 0.2) is 0 Å². The van der Waals surface area contributed by atoms with E-state index in [9.17, 15) is 14.0 Å². The lowest BCUT2D eigenvalue weighted by Gasteiger charge is -2.39. The van der Waals surface area contributed by atoms with Crippen molar-refractivity contribution in [3.63, 3.8) is 0 Å². The predicted molar refractivity (Wildman–Crippen MR) is 73.7 cm³/mol. The number of carbonyl (C=O) groups is 2. The number of carbonyl (C=O) groups excluding carboxylic acids is 1. The molecule has 6 heteroatoms. The maximum absolute atomic E-state index is 13.3. The Kier molecular flexibility index (Phi) is 3.29. The van der Waals surface area contributed by atoms with Crippen LogP contribution in [0.4, 0.5) is 4.39 Å². The first kappa shape index (κ1) is 13.5. The van der Waals surface area contributed by atoms with Crippen molar-refractivity contribution in [1.29, 1.82) is 0 Å². The summed E-state index contributed by atoms with van der Waals surface area (Å²) < 4.78 is 13.3. The van der Waals surface area contributed by atoms with Crippen LogP contribution in [0.1, 0.15) is 10.5 Å². The standard InChI is InChI=1S/C15H13FN2O3/c16-13(15(20)21)10-7-18(8-10)14(19)12-6-5-9-3-1-2-4-11(9)17-12/h1-6,10,13H,7-8H2,(H,20,21). The summed E-state index contributed by atoms with van der Waals surface area (Å²) in [6, 6.07) is 10.9. The number of rotatable bonds is 3. The third-order valence-corrected chi connectivity index (χ3v) is 3.66. The van der Waals surface area contributed by atoms with Gasteiger partial charge in [0.2, 0.25) is 6.17 Å². The molecule has 1 aromatic heterocycles. The predicted octanol–water partition coefficient (Wildman–Crippen LogP) is 1.73. The van der Waals surface area contributed by atoms with E-state index >= 15 is 0 Å². The van der Waals surface area contributed by atoms with E-state index in [-0.39, 0.29) is 24.7 Å². The number of hydrogen-bond donors (Lipinski definition) is 1. The zero-order valence-corrected chi connectivity index (χ0v) is 11.1. The number of hydrogen-bond acceptors (Lipinski definition) is 3. The van der Waals surface area contributed by atoms with Crippen LogP contribution >= 0.6 is 0 Å². The molecular formula is C15H13FN2O3. The highest BCUT2D eigenvalue weighted by Crippen LogP contribution is 2.24. The van der Waals surface area contributed by atoms with Crippen molar-refractivity contribution in [3.05, 3.63) is 42.1 Å². The summed E-state index contributed by atoms with van der Waals surface area (Å²) in [6.45, 7) is 0.224. The van der Waals surface area contributed by atoms with E-state index in [1.165, 1.54) is 4.90 Å². The van der Waals surface area contributed by atoms with Gasteiger partial charge in [-0.3, -0.25) is 4.79 Å². The number of para-hydroxylation sites is 1. The van der Waals surface area contributed by atoms with Gasteiger partial charge in [-0.1, -0.05) is 24.3 Å². The molecule has 0 bridgehead atoms. The van der Waals surface area contributed by atoms with Crippen molar-refractivity contribution in [1.82, 2.24) is 9.88 Å². The molecule has 0 spiro atoms. The second-order valence-electron chi connectivity index (χ2n) is 5.10. The summed E-state index contributed by atoms with van der Waals surface area (Å²) in [7, 11) is 0. The average Bonchev–Trinajstić information content (AvgIpc) is 2.44. The molecule has 2 heterocycles. The average molecular weight is 288 g/mol. The van der Waals surface area contributed by atoms with Crippen molar-refractivity contribution in [2.24, 2.45) is 5.92 Å². The molecule has 2 aromatic rings. The highest BCUT2D eigenvalue weighted by molar-refractivity contribution is 5.95. The molecule has 1 aliphatic rings. The molecule has 1 amide bonds. The number of likely N-dealkylation sites (tertiary alicyclic amines) is 1. The molecule has 21 heavy (non-hydrogen) atoms. The van der Waals surface area contributed by atoms with Crippen molar-refractivity contribution in [2.75, 3.05) is 13.1 Å². The summed E-state index contributed by atoms with van der Waals surface area (Å²) in [5, 5.41) is 9.52. The van der Waals surface area contributed by atoms with E-state index in [1.54, 1.807) is 6.07 Å². The molecule has 1 fully saturated rings. The van der Waals surface area contributed by atoms with Crippen LogP contribution in [0.5, 0.6) is 0 Å². The molecule has 3 rings (SSSR count). The molecule has 1 unspecified atom stereocenters. The van der Waals surface area contributed by atoms with Crippen LogP contribution in [0.15, 0.2) is 36.4 Å². The second kappa shape index (κ2) is 5.12. The number of halogens is 1. The quantitative estimate of drug-likeness (QED) is 0.933. The van der Waals surface area contributed by atoms with E-state index in [2.05, 4.69) is 4.98 Å². The first-order chi connectivity index (χ1) is 10.1. The number of alkyl halides is 1. The molecule has 1 aliphatic heterocycles. The van der Waals surface area contributed by atoms with Gasteiger partial charge in [-0.15, -0.1) is 0 Å². The number of aromatic nitrogens is 1. The minimum atomic E-state index is -1.92. The summed E-state index contributed by atoms with van der Waals surface area (Å²) in [6.07, 6.45) is -1.92. The Morgan fingerprint density at radius 1 is 1.24 bits per heavy atom. The van der Waals surface area contributed by atoms with Crippen LogP contribution in [-0.4, -0.2) is 46.1 Å². The van der Waals surface area contributed by atoms with Gasteiger partial charge in [-0.25, -0.2) is 14.2 Å². The molecule has 1 saturated heterocycles. The second-order valence-corrected chi connectivity index (χ2v) is 5.10. The van der Waals surface area contributed by atoms with Crippen LogP contribution in [0.25, 0.3) is 10.9 Å². The van der Waals surface area contributed by atoms with E-state index in [4.69, 9.17) is 5.11 Å². The number of benzene rings is 1. The number of fused-ring (bicyclic) bond motifs is 1. The molecule has 108 valence electrons. The Morgan fingerprint density at radius 3 is 2.67 bits per heavy atom. The summed E-state index contributed by atoms with van der Waals surface area (Å²) in [5.41, 5.74) is 1.01. The van der Waals surface area contributed by atoms with Gasteiger partial charge in [-0.2, -0.15) is 0 Å². The SMILES string of the molecule is O=C(O)C(F)C1CN(C(=O)c2ccc3ccccc3n2)C1. The van der Waals surface area contributed by atoms with Crippen molar-refractivity contribution < 1.29 is 19.1 Å². The number of carboxylic acid groups (broad SMARTS) is 1.